The third kappa shape index (κ3) is 4.05. The Hall–Kier alpha value is -2.42. The van der Waals surface area contributed by atoms with Gasteiger partial charge in [-0.05, 0) is 55.8 Å². The first-order valence-electron chi connectivity index (χ1n) is 6.52. The zero-order valence-electron chi connectivity index (χ0n) is 11.6. The van der Waals surface area contributed by atoms with Crippen LogP contribution in [0.1, 0.15) is 19.4 Å². The van der Waals surface area contributed by atoms with Gasteiger partial charge in [0.25, 0.3) is 0 Å². The molecule has 20 heavy (non-hydrogen) atoms. The molecule has 0 aromatic heterocycles. The second kappa shape index (κ2) is 6.66. The van der Waals surface area contributed by atoms with Crippen LogP contribution in [0.2, 0.25) is 0 Å². The summed E-state index contributed by atoms with van der Waals surface area (Å²) in [6, 6.07) is 16.9. The minimum absolute atomic E-state index is 0.0604. The lowest BCUT2D eigenvalue weighted by Gasteiger charge is -2.05. The number of carbonyl (C=O) groups excluding carboxylic acids is 1. The van der Waals surface area contributed by atoms with Gasteiger partial charge in [0.2, 0.25) is 0 Å². The highest BCUT2D eigenvalue weighted by molar-refractivity contribution is 5.86. The van der Waals surface area contributed by atoms with Crippen molar-refractivity contribution < 1.29 is 9.53 Å². The molecule has 0 saturated heterocycles. The van der Waals surface area contributed by atoms with E-state index >= 15 is 0 Å². The van der Waals surface area contributed by atoms with Gasteiger partial charge in [-0.25, -0.2) is 0 Å². The summed E-state index contributed by atoms with van der Waals surface area (Å²) in [7, 11) is 0. The van der Waals surface area contributed by atoms with Crippen LogP contribution in [0.15, 0.2) is 59.6 Å². The Bertz CT molecular complexity index is 588. The number of hydrogen-bond donors (Lipinski definition) is 0. The van der Waals surface area contributed by atoms with Crippen LogP contribution in [-0.2, 0) is 4.79 Å². The number of hydrogen-bond acceptors (Lipinski definition) is 3. The Morgan fingerprint density at radius 2 is 1.65 bits per heavy atom. The second-order valence-corrected chi connectivity index (χ2v) is 4.55. The number of carbonyl (C=O) groups is 1. The predicted octanol–water partition coefficient (Wildman–Crippen LogP) is 3.88. The highest BCUT2D eigenvalue weighted by atomic mass is 16.5. The third-order valence-electron chi connectivity index (χ3n) is 2.89. The van der Waals surface area contributed by atoms with E-state index < -0.39 is 0 Å². The topological polar surface area (TPSA) is 38.7 Å². The molecule has 2 rings (SSSR count). The van der Waals surface area contributed by atoms with E-state index in [0.29, 0.717) is 0 Å². The highest BCUT2D eigenvalue weighted by Gasteiger charge is 2.02. The van der Waals surface area contributed by atoms with Gasteiger partial charge in [-0.1, -0.05) is 18.2 Å². The first-order valence-corrected chi connectivity index (χ1v) is 6.52. The Morgan fingerprint density at radius 1 is 1.05 bits per heavy atom. The summed E-state index contributed by atoms with van der Waals surface area (Å²) in [5.74, 6) is 1.64. The maximum Gasteiger partial charge on any atom is 0.153 e. The van der Waals surface area contributed by atoms with E-state index in [1.165, 1.54) is 0 Å². The summed E-state index contributed by atoms with van der Waals surface area (Å²) >= 11 is 0. The monoisotopic (exact) mass is 267 g/mol. The maximum absolute atomic E-state index is 11.1. The molecule has 0 aliphatic rings. The molecule has 0 heterocycles. The van der Waals surface area contributed by atoms with Gasteiger partial charge < -0.3 is 4.74 Å². The van der Waals surface area contributed by atoms with Crippen LogP contribution in [-0.4, -0.2) is 18.0 Å². The lowest BCUT2D eigenvalue weighted by Crippen LogP contribution is -2.09. The number of benzene rings is 2. The van der Waals surface area contributed by atoms with Crippen molar-refractivity contribution in [1.82, 2.24) is 0 Å². The molecule has 0 saturated carbocycles. The fraction of sp³-hybridized carbons (Fsp3) is 0.176. The molecule has 0 aliphatic carbocycles. The summed E-state index contributed by atoms with van der Waals surface area (Å²) in [5.41, 5.74) is 0.943. The van der Waals surface area contributed by atoms with Gasteiger partial charge in [0, 0.05) is 6.21 Å². The molecule has 0 bridgehead atoms. The van der Waals surface area contributed by atoms with Crippen LogP contribution in [0.5, 0.6) is 11.5 Å². The Morgan fingerprint density at radius 3 is 2.25 bits per heavy atom. The van der Waals surface area contributed by atoms with E-state index in [9.17, 15) is 4.79 Å². The molecule has 2 aromatic carbocycles. The Balaban J connectivity index is 2.01. The van der Waals surface area contributed by atoms with E-state index in [1.807, 2.05) is 54.6 Å². The number of nitrogens with zero attached hydrogens (tertiary/aromatic N) is 1. The smallest absolute Gasteiger partial charge is 0.153 e. The van der Waals surface area contributed by atoms with Gasteiger partial charge in [0.05, 0.1) is 0 Å². The number of Topliss-reactive ketones (excluding diaryl/α,β-unsaturated/α-hetero) is 1. The molecular weight excluding hydrogens is 250 g/mol. The van der Waals surface area contributed by atoms with Gasteiger partial charge in [0.15, 0.2) is 5.78 Å². The van der Waals surface area contributed by atoms with Crippen molar-refractivity contribution in [2.75, 3.05) is 0 Å². The van der Waals surface area contributed by atoms with Crippen molar-refractivity contribution in [2.45, 2.75) is 19.9 Å². The van der Waals surface area contributed by atoms with Crippen LogP contribution in [0.3, 0.4) is 0 Å². The predicted molar refractivity (Wildman–Crippen MR) is 80.7 cm³/mol. The zero-order chi connectivity index (χ0) is 14.4. The van der Waals surface area contributed by atoms with Crippen LogP contribution in [0, 0.1) is 0 Å². The summed E-state index contributed by atoms with van der Waals surface area (Å²) in [6.45, 7) is 3.32. The standard InChI is InChI=1S/C17H17NO2/c1-13(14(2)19)18-12-15-8-10-17(11-9-15)20-16-6-4-3-5-7-16/h3-13H,1-2H3/t13-/m1/s1. The fourth-order valence-corrected chi connectivity index (χ4v) is 1.55. The Kier molecular flexibility index (Phi) is 4.66. The minimum Gasteiger partial charge on any atom is -0.457 e. The average Bonchev–Trinajstić information content (AvgIpc) is 2.47. The van der Waals surface area contributed by atoms with Crippen LogP contribution in [0.4, 0.5) is 0 Å². The first-order chi connectivity index (χ1) is 9.65. The summed E-state index contributed by atoms with van der Waals surface area (Å²) in [5, 5.41) is 0. The number of aliphatic imine (C=N–C) groups is 1. The molecule has 1 atom stereocenters. The largest absolute Gasteiger partial charge is 0.457 e. The van der Waals surface area contributed by atoms with E-state index in [0.717, 1.165) is 17.1 Å². The van der Waals surface area contributed by atoms with Crippen LogP contribution >= 0.6 is 0 Å². The molecule has 0 radical (unpaired) electrons. The van der Waals surface area contributed by atoms with Crippen LogP contribution < -0.4 is 4.74 Å². The van der Waals surface area contributed by atoms with E-state index in [4.69, 9.17) is 4.74 Å². The second-order valence-electron chi connectivity index (χ2n) is 4.55. The maximum atomic E-state index is 11.1. The fourth-order valence-electron chi connectivity index (χ4n) is 1.55. The summed E-state index contributed by atoms with van der Waals surface area (Å²) < 4.78 is 5.70. The third-order valence-corrected chi connectivity index (χ3v) is 2.89. The molecule has 0 N–H and O–H groups in total. The van der Waals surface area contributed by atoms with E-state index in [2.05, 4.69) is 4.99 Å². The molecule has 102 valence electrons. The van der Waals surface area contributed by atoms with Crippen molar-refractivity contribution in [3.63, 3.8) is 0 Å². The molecular formula is C17H17NO2. The van der Waals surface area contributed by atoms with Crippen molar-refractivity contribution in [1.29, 1.82) is 0 Å². The number of rotatable bonds is 5. The van der Waals surface area contributed by atoms with E-state index in [1.54, 1.807) is 20.1 Å². The van der Waals surface area contributed by atoms with Gasteiger partial charge in [-0.2, -0.15) is 0 Å². The normalized spacial score (nSPS) is 12.3. The van der Waals surface area contributed by atoms with Crippen molar-refractivity contribution in [3.8, 4) is 11.5 Å². The number of para-hydroxylation sites is 1. The lowest BCUT2D eigenvalue weighted by molar-refractivity contribution is -0.117. The Labute approximate surface area is 118 Å². The molecule has 3 nitrogen and oxygen atoms in total. The van der Waals surface area contributed by atoms with Crippen molar-refractivity contribution >= 4 is 12.0 Å². The lowest BCUT2D eigenvalue weighted by atomic mass is 10.2. The van der Waals surface area contributed by atoms with Crippen molar-refractivity contribution in [2.24, 2.45) is 4.99 Å². The molecule has 0 aliphatic heterocycles. The number of ether oxygens (including phenoxy) is 1. The SMILES string of the molecule is CC(=O)[C@@H](C)N=Cc1ccc(Oc2ccccc2)cc1. The van der Waals surface area contributed by atoms with E-state index in [-0.39, 0.29) is 11.8 Å². The molecule has 0 amide bonds. The average molecular weight is 267 g/mol. The van der Waals surface area contributed by atoms with Gasteiger partial charge in [-0.15, -0.1) is 0 Å². The van der Waals surface area contributed by atoms with Crippen molar-refractivity contribution in [3.05, 3.63) is 60.2 Å². The molecule has 3 heteroatoms. The van der Waals surface area contributed by atoms with Gasteiger partial charge in [0.1, 0.15) is 17.5 Å². The molecule has 0 spiro atoms. The quantitative estimate of drug-likeness (QED) is 0.771. The van der Waals surface area contributed by atoms with Gasteiger partial charge >= 0.3 is 0 Å². The number of ketones is 1. The van der Waals surface area contributed by atoms with Gasteiger partial charge in [-0.3, -0.25) is 9.79 Å². The van der Waals surface area contributed by atoms with Crippen LogP contribution in [0.25, 0.3) is 0 Å². The summed E-state index contributed by atoms with van der Waals surface area (Å²) in [6.07, 6.45) is 1.71. The molecule has 0 fully saturated rings. The highest BCUT2D eigenvalue weighted by Crippen LogP contribution is 2.20. The first kappa shape index (κ1) is 14.0. The minimum atomic E-state index is -0.296. The molecule has 2 aromatic rings. The summed E-state index contributed by atoms with van der Waals surface area (Å²) in [4.78, 5) is 15.3. The molecule has 0 unspecified atom stereocenters. The zero-order valence-corrected chi connectivity index (χ0v) is 11.6.